The molecule has 0 radical (unpaired) electrons. The van der Waals surface area contributed by atoms with Crippen LogP contribution in [0.2, 0.25) is 0 Å². The van der Waals surface area contributed by atoms with Crippen LogP contribution in [0.25, 0.3) is 0 Å². The number of halogens is 1. The monoisotopic (exact) mass is 258 g/mol. The van der Waals surface area contributed by atoms with Crippen molar-refractivity contribution in [2.75, 3.05) is 17.2 Å². The van der Waals surface area contributed by atoms with Crippen molar-refractivity contribution in [3.63, 3.8) is 0 Å². The van der Waals surface area contributed by atoms with Gasteiger partial charge in [-0.05, 0) is 32.0 Å². The fraction of sp³-hybridized carbons (Fsp3) is 0.250. The van der Waals surface area contributed by atoms with Crippen LogP contribution >= 0.6 is 0 Å². The maximum absolute atomic E-state index is 13.9. The second-order valence-electron chi connectivity index (χ2n) is 4.67. The van der Waals surface area contributed by atoms with E-state index >= 15 is 0 Å². The molecule has 0 bridgehead atoms. The Labute approximate surface area is 113 Å². The number of nitrogens with two attached hydrogens (primary N) is 1. The number of hydrogen-bond donors (Lipinski definition) is 1. The Hall–Kier alpha value is -2.03. The highest BCUT2D eigenvalue weighted by molar-refractivity contribution is 5.50. The van der Waals surface area contributed by atoms with E-state index in [1.807, 2.05) is 0 Å². The SMILES string of the molecule is CCN(Cc1cccc(N)c1F)c1ccc(C)cc1. The topological polar surface area (TPSA) is 29.3 Å². The van der Waals surface area contributed by atoms with Crippen molar-refractivity contribution in [1.82, 2.24) is 0 Å². The summed E-state index contributed by atoms with van der Waals surface area (Å²) in [7, 11) is 0. The molecule has 0 heterocycles. The van der Waals surface area contributed by atoms with Crippen molar-refractivity contribution in [2.24, 2.45) is 0 Å². The zero-order valence-electron chi connectivity index (χ0n) is 11.4. The minimum absolute atomic E-state index is 0.206. The molecule has 2 aromatic carbocycles. The average molecular weight is 258 g/mol. The number of nitrogen functional groups attached to an aromatic ring is 1. The first kappa shape index (κ1) is 13.4. The fourth-order valence-electron chi connectivity index (χ4n) is 2.07. The van der Waals surface area contributed by atoms with Gasteiger partial charge in [0.1, 0.15) is 0 Å². The van der Waals surface area contributed by atoms with Crippen molar-refractivity contribution in [3.05, 3.63) is 59.4 Å². The summed E-state index contributed by atoms with van der Waals surface area (Å²) < 4.78 is 13.9. The maximum Gasteiger partial charge on any atom is 0.151 e. The number of hydrogen-bond acceptors (Lipinski definition) is 2. The predicted molar refractivity (Wildman–Crippen MR) is 78.7 cm³/mol. The van der Waals surface area contributed by atoms with Gasteiger partial charge in [0, 0.05) is 24.3 Å². The van der Waals surface area contributed by atoms with Gasteiger partial charge in [-0.15, -0.1) is 0 Å². The van der Waals surface area contributed by atoms with E-state index in [1.165, 1.54) is 5.56 Å². The Morgan fingerprint density at radius 3 is 2.42 bits per heavy atom. The van der Waals surface area contributed by atoms with Gasteiger partial charge in [0.05, 0.1) is 5.69 Å². The van der Waals surface area contributed by atoms with Crippen LogP contribution < -0.4 is 10.6 Å². The highest BCUT2D eigenvalue weighted by Gasteiger charge is 2.10. The fourth-order valence-corrected chi connectivity index (χ4v) is 2.07. The third kappa shape index (κ3) is 3.05. The van der Waals surface area contributed by atoms with E-state index in [9.17, 15) is 4.39 Å². The Balaban J connectivity index is 2.24. The number of anilines is 2. The molecule has 0 spiro atoms. The normalized spacial score (nSPS) is 10.5. The first-order valence-corrected chi connectivity index (χ1v) is 6.46. The number of nitrogens with zero attached hydrogens (tertiary/aromatic N) is 1. The summed E-state index contributed by atoms with van der Waals surface area (Å²) in [6.45, 7) is 5.45. The molecular weight excluding hydrogens is 239 g/mol. The Bertz CT molecular complexity index is 549. The van der Waals surface area contributed by atoms with Gasteiger partial charge in [0.2, 0.25) is 0 Å². The zero-order chi connectivity index (χ0) is 13.8. The van der Waals surface area contributed by atoms with Crippen molar-refractivity contribution in [3.8, 4) is 0 Å². The van der Waals surface area contributed by atoms with Crippen molar-refractivity contribution >= 4 is 11.4 Å². The molecule has 3 heteroatoms. The van der Waals surface area contributed by atoms with Crippen LogP contribution in [0.15, 0.2) is 42.5 Å². The van der Waals surface area contributed by atoms with Gasteiger partial charge >= 0.3 is 0 Å². The molecule has 0 aliphatic heterocycles. The number of benzene rings is 2. The van der Waals surface area contributed by atoms with E-state index in [-0.39, 0.29) is 11.5 Å². The van der Waals surface area contributed by atoms with E-state index < -0.39 is 0 Å². The van der Waals surface area contributed by atoms with Crippen LogP contribution in [0.5, 0.6) is 0 Å². The van der Waals surface area contributed by atoms with Crippen LogP contribution in [-0.4, -0.2) is 6.54 Å². The van der Waals surface area contributed by atoms with E-state index in [2.05, 4.69) is 43.0 Å². The standard InChI is InChI=1S/C16H19FN2/c1-3-19(14-9-7-12(2)8-10-14)11-13-5-4-6-15(18)16(13)17/h4-10H,3,11,18H2,1-2H3. The quantitative estimate of drug-likeness (QED) is 0.846. The predicted octanol–water partition coefficient (Wildman–Crippen LogP) is 3.74. The summed E-state index contributed by atoms with van der Waals surface area (Å²) in [6.07, 6.45) is 0. The highest BCUT2D eigenvalue weighted by atomic mass is 19.1. The van der Waals surface area contributed by atoms with Gasteiger partial charge in [0.15, 0.2) is 5.82 Å². The molecule has 0 unspecified atom stereocenters. The molecule has 0 saturated heterocycles. The first-order valence-electron chi connectivity index (χ1n) is 6.46. The minimum atomic E-state index is -0.312. The van der Waals surface area contributed by atoms with Crippen LogP contribution in [0, 0.1) is 12.7 Å². The minimum Gasteiger partial charge on any atom is -0.396 e. The van der Waals surface area contributed by atoms with E-state index in [4.69, 9.17) is 5.73 Å². The van der Waals surface area contributed by atoms with Crippen molar-refractivity contribution in [2.45, 2.75) is 20.4 Å². The summed E-state index contributed by atoms with van der Waals surface area (Å²) in [4.78, 5) is 2.12. The van der Waals surface area contributed by atoms with Gasteiger partial charge < -0.3 is 10.6 Å². The van der Waals surface area contributed by atoms with Crippen LogP contribution in [0.1, 0.15) is 18.1 Å². The third-order valence-electron chi connectivity index (χ3n) is 3.25. The smallest absolute Gasteiger partial charge is 0.151 e. The van der Waals surface area contributed by atoms with Crippen molar-refractivity contribution in [1.29, 1.82) is 0 Å². The van der Waals surface area contributed by atoms with Crippen LogP contribution in [0.4, 0.5) is 15.8 Å². The molecule has 0 fully saturated rings. The van der Waals surface area contributed by atoms with Gasteiger partial charge in [-0.2, -0.15) is 0 Å². The summed E-state index contributed by atoms with van der Waals surface area (Å²) >= 11 is 0. The molecule has 0 saturated carbocycles. The van der Waals surface area contributed by atoms with Crippen molar-refractivity contribution < 1.29 is 4.39 Å². The third-order valence-corrected chi connectivity index (χ3v) is 3.25. The van der Waals surface area contributed by atoms with E-state index in [0.717, 1.165) is 12.2 Å². The number of rotatable bonds is 4. The Morgan fingerprint density at radius 1 is 1.11 bits per heavy atom. The Kier molecular flexibility index (Phi) is 4.05. The van der Waals surface area contributed by atoms with Gasteiger partial charge in [-0.25, -0.2) is 4.39 Å². The molecule has 2 rings (SSSR count). The zero-order valence-corrected chi connectivity index (χ0v) is 11.4. The largest absolute Gasteiger partial charge is 0.396 e. The van der Waals surface area contributed by atoms with Crippen LogP contribution in [0.3, 0.4) is 0 Å². The van der Waals surface area contributed by atoms with Gasteiger partial charge in [0.25, 0.3) is 0 Å². The molecule has 2 N–H and O–H groups in total. The molecule has 19 heavy (non-hydrogen) atoms. The molecule has 0 amide bonds. The molecule has 0 aliphatic rings. The van der Waals surface area contributed by atoms with E-state index in [0.29, 0.717) is 12.1 Å². The second kappa shape index (κ2) is 5.74. The molecule has 0 atom stereocenters. The molecule has 2 aromatic rings. The summed E-state index contributed by atoms with van der Waals surface area (Å²) in [5, 5.41) is 0. The Morgan fingerprint density at radius 2 is 1.79 bits per heavy atom. The molecule has 100 valence electrons. The summed E-state index contributed by atoms with van der Waals surface area (Å²) in [5.74, 6) is -0.312. The maximum atomic E-state index is 13.9. The summed E-state index contributed by atoms with van der Waals surface area (Å²) in [6, 6.07) is 13.4. The number of aryl methyl sites for hydroxylation is 1. The average Bonchev–Trinajstić information content (AvgIpc) is 2.42. The first-order chi connectivity index (χ1) is 9.11. The highest BCUT2D eigenvalue weighted by Crippen LogP contribution is 2.21. The molecule has 2 nitrogen and oxygen atoms in total. The lowest BCUT2D eigenvalue weighted by molar-refractivity contribution is 0.610. The second-order valence-corrected chi connectivity index (χ2v) is 4.67. The lowest BCUT2D eigenvalue weighted by Crippen LogP contribution is -2.22. The lowest BCUT2D eigenvalue weighted by Gasteiger charge is -2.23. The van der Waals surface area contributed by atoms with Crippen LogP contribution in [-0.2, 0) is 6.54 Å². The van der Waals surface area contributed by atoms with E-state index in [1.54, 1.807) is 18.2 Å². The van der Waals surface area contributed by atoms with Gasteiger partial charge in [-0.1, -0.05) is 29.8 Å². The lowest BCUT2D eigenvalue weighted by atomic mass is 10.1. The molecule has 0 aromatic heterocycles. The summed E-state index contributed by atoms with van der Waals surface area (Å²) in [5.41, 5.74) is 8.75. The molecule has 0 aliphatic carbocycles. The van der Waals surface area contributed by atoms with Gasteiger partial charge in [-0.3, -0.25) is 0 Å². The molecular formula is C16H19FN2.